The summed E-state index contributed by atoms with van der Waals surface area (Å²) in [7, 11) is 1.52. The molecule has 2 aliphatic rings. The number of aromatic nitrogens is 1. The van der Waals surface area contributed by atoms with Crippen molar-refractivity contribution >= 4 is 35.0 Å². The number of carbonyl (C=O) groups excluding carboxylic acids is 4. The number of methoxy groups -OCH3 is 1. The van der Waals surface area contributed by atoms with E-state index < -0.39 is 5.41 Å². The molecule has 1 aromatic heterocycles. The number of esters is 1. The van der Waals surface area contributed by atoms with E-state index in [1.54, 1.807) is 30.9 Å². The highest BCUT2D eigenvalue weighted by molar-refractivity contribution is 7.13. The van der Waals surface area contributed by atoms with Crippen molar-refractivity contribution in [3.8, 4) is 11.5 Å². The van der Waals surface area contributed by atoms with Crippen molar-refractivity contribution in [3.63, 3.8) is 0 Å². The van der Waals surface area contributed by atoms with Crippen molar-refractivity contribution in [2.45, 2.75) is 59.3 Å². The lowest BCUT2D eigenvalue weighted by molar-refractivity contribution is -0.156. The minimum absolute atomic E-state index is 0.133. The van der Waals surface area contributed by atoms with Crippen LogP contribution in [0.15, 0.2) is 18.2 Å². The molecule has 1 aliphatic heterocycles. The van der Waals surface area contributed by atoms with Crippen LogP contribution in [0.25, 0.3) is 0 Å². The van der Waals surface area contributed by atoms with Gasteiger partial charge in [0.05, 0.1) is 29.8 Å². The van der Waals surface area contributed by atoms with E-state index in [-0.39, 0.29) is 63.0 Å². The molecular weight excluding hydrogens is 572 g/mol. The van der Waals surface area contributed by atoms with Crippen LogP contribution in [0.5, 0.6) is 11.5 Å². The molecule has 2 N–H and O–H groups in total. The number of hydrogen-bond acceptors (Lipinski definition) is 9. The fourth-order valence-corrected chi connectivity index (χ4v) is 6.32. The fraction of sp³-hybridized carbons (Fsp3) is 0.581. The molecule has 3 amide bonds. The maximum atomic E-state index is 13.5. The maximum Gasteiger partial charge on any atom is 0.314 e. The number of fused-ring (bicyclic) bond motifs is 2. The lowest BCUT2D eigenvalue weighted by Crippen LogP contribution is -2.46. The number of rotatable bonds is 6. The summed E-state index contributed by atoms with van der Waals surface area (Å²) in [6, 6.07) is 5.39. The van der Waals surface area contributed by atoms with Gasteiger partial charge < -0.3 is 29.7 Å². The van der Waals surface area contributed by atoms with E-state index in [2.05, 4.69) is 15.6 Å². The molecular formula is C31H42N4O7S. The highest BCUT2D eigenvalue weighted by Crippen LogP contribution is 2.43. The highest BCUT2D eigenvalue weighted by Gasteiger charge is 2.44. The monoisotopic (exact) mass is 614 g/mol. The summed E-state index contributed by atoms with van der Waals surface area (Å²) >= 11 is 1.33. The van der Waals surface area contributed by atoms with Crippen molar-refractivity contribution in [2.75, 3.05) is 46.5 Å². The Balaban J connectivity index is 1.61. The van der Waals surface area contributed by atoms with Gasteiger partial charge in [0.2, 0.25) is 5.91 Å². The third kappa shape index (κ3) is 8.68. The van der Waals surface area contributed by atoms with Gasteiger partial charge in [-0.15, -0.1) is 11.3 Å². The molecule has 12 heteroatoms. The zero-order valence-electron chi connectivity index (χ0n) is 25.5. The zero-order valence-corrected chi connectivity index (χ0v) is 26.3. The zero-order chi connectivity index (χ0) is 31.0. The van der Waals surface area contributed by atoms with Crippen molar-refractivity contribution in [2.24, 2.45) is 11.3 Å². The Labute approximate surface area is 256 Å². The molecule has 2 bridgehead atoms. The quantitative estimate of drug-likeness (QED) is 0.474. The van der Waals surface area contributed by atoms with Crippen molar-refractivity contribution in [1.82, 2.24) is 20.5 Å². The van der Waals surface area contributed by atoms with Gasteiger partial charge in [0.25, 0.3) is 11.8 Å². The van der Waals surface area contributed by atoms with Gasteiger partial charge in [-0.25, -0.2) is 4.98 Å². The predicted octanol–water partition coefficient (Wildman–Crippen LogP) is 3.21. The largest absolute Gasteiger partial charge is 0.493 e. The van der Waals surface area contributed by atoms with Crippen LogP contribution in [0.1, 0.15) is 65.0 Å². The number of nitrogens with zero attached hydrogens (tertiary/aromatic N) is 2. The number of carbonyl (C=O) groups is 4. The number of thiazole rings is 1. The van der Waals surface area contributed by atoms with Crippen LogP contribution in [0.3, 0.4) is 0 Å². The van der Waals surface area contributed by atoms with Gasteiger partial charge in [-0.3, -0.25) is 19.2 Å². The number of ether oxygens (including phenoxy) is 3. The van der Waals surface area contributed by atoms with E-state index in [0.29, 0.717) is 53.8 Å². The molecule has 11 nitrogen and oxygen atoms in total. The van der Waals surface area contributed by atoms with E-state index in [9.17, 15) is 19.2 Å². The molecule has 1 aromatic carbocycles. The summed E-state index contributed by atoms with van der Waals surface area (Å²) in [5.74, 6) is 0.134. The van der Waals surface area contributed by atoms with Gasteiger partial charge in [-0.2, -0.15) is 0 Å². The van der Waals surface area contributed by atoms with E-state index in [1.807, 2.05) is 13.0 Å². The Morgan fingerprint density at radius 3 is 2.63 bits per heavy atom. The Morgan fingerprint density at radius 1 is 1.16 bits per heavy atom. The van der Waals surface area contributed by atoms with Crippen LogP contribution in [0.2, 0.25) is 0 Å². The molecule has 1 atom stereocenters. The highest BCUT2D eigenvalue weighted by atomic mass is 32.1. The van der Waals surface area contributed by atoms with Gasteiger partial charge >= 0.3 is 5.97 Å². The average molecular weight is 615 g/mol. The minimum Gasteiger partial charge on any atom is -0.493 e. The maximum absolute atomic E-state index is 13.5. The summed E-state index contributed by atoms with van der Waals surface area (Å²) < 4.78 is 16.9. The molecule has 0 radical (unpaired) electrons. The third-order valence-corrected chi connectivity index (χ3v) is 8.82. The van der Waals surface area contributed by atoms with Crippen LogP contribution >= 0.6 is 11.3 Å². The Hall–Kier alpha value is -3.67. The molecule has 4 rings (SSSR count). The number of benzene rings is 1. The van der Waals surface area contributed by atoms with Crippen molar-refractivity contribution < 1.29 is 33.4 Å². The average Bonchev–Trinajstić information content (AvgIpc) is 3.73. The fourth-order valence-electron chi connectivity index (χ4n) is 5.43. The van der Waals surface area contributed by atoms with E-state index in [0.717, 1.165) is 23.4 Å². The molecule has 1 fully saturated rings. The second-order valence-electron chi connectivity index (χ2n) is 11.3. The Kier molecular flexibility index (Phi) is 11.0. The van der Waals surface area contributed by atoms with Crippen molar-refractivity contribution in [3.05, 3.63) is 39.3 Å². The smallest absolute Gasteiger partial charge is 0.314 e. The first-order valence-corrected chi connectivity index (χ1v) is 15.7. The molecule has 0 saturated heterocycles. The Bertz CT molecular complexity index is 1330. The predicted molar refractivity (Wildman–Crippen MR) is 161 cm³/mol. The number of hydrogen-bond donors (Lipinski definition) is 2. The first-order valence-electron chi connectivity index (χ1n) is 14.9. The van der Waals surface area contributed by atoms with Gasteiger partial charge in [0.1, 0.15) is 4.88 Å². The van der Waals surface area contributed by atoms with Crippen LogP contribution in [0, 0.1) is 25.2 Å². The first kappa shape index (κ1) is 32.2. The molecule has 1 saturated carbocycles. The molecule has 43 heavy (non-hydrogen) atoms. The molecule has 234 valence electrons. The van der Waals surface area contributed by atoms with Gasteiger partial charge in [0.15, 0.2) is 18.1 Å². The van der Waals surface area contributed by atoms with Crippen LogP contribution in [0.4, 0.5) is 0 Å². The molecule has 0 spiro atoms. The first-order chi connectivity index (χ1) is 20.6. The molecule has 2 aromatic rings. The number of amides is 3. The van der Waals surface area contributed by atoms with Gasteiger partial charge in [0, 0.05) is 32.6 Å². The van der Waals surface area contributed by atoms with E-state index in [4.69, 9.17) is 14.2 Å². The van der Waals surface area contributed by atoms with Crippen LogP contribution < -0.4 is 20.1 Å². The molecule has 1 aliphatic carbocycles. The minimum atomic E-state index is -0.967. The summed E-state index contributed by atoms with van der Waals surface area (Å²) in [5, 5.41) is 6.62. The number of nitrogens with one attached hydrogen (secondary N) is 2. The Morgan fingerprint density at radius 2 is 1.95 bits per heavy atom. The third-order valence-electron chi connectivity index (χ3n) is 7.76. The van der Waals surface area contributed by atoms with Crippen molar-refractivity contribution in [1.29, 1.82) is 0 Å². The summed E-state index contributed by atoms with van der Waals surface area (Å²) in [6.45, 7) is 6.33. The summed E-state index contributed by atoms with van der Waals surface area (Å²) in [6.07, 6.45) is 3.58. The van der Waals surface area contributed by atoms with E-state index in [1.165, 1.54) is 18.4 Å². The lowest BCUT2D eigenvalue weighted by atomic mass is 9.76. The molecule has 2 heterocycles. The topological polar surface area (TPSA) is 136 Å². The SMILES string of the molecule is CCOC(=O)C1(CC2CC2)CNC(=O)CCCN(C(=O)c2sc(C)nc2C)CCNC(=O)COc2cc(ccc2OC)C1. The van der Waals surface area contributed by atoms with Crippen LogP contribution in [-0.4, -0.2) is 80.1 Å². The second kappa shape index (κ2) is 14.7. The molecule has 1 unspecified atom stereocenters. The van der Waals surface area contributed by atoms with Gasteiger partial charge in [-0.05, 0) is 63.6 Å². The summed E-state index contributed by atoms with van der Waals surface area (Å²) in [4.78, 5) is 59.3. The normalized spacial score (nSPS) is 20.6. The van der Waals surface area contributed by atoms with Crippen LogP contribution in [-0.2, 0) is 25.5 Å². The van der Waals surface area contributed by atoms with Gasteiger partial charge in [-0.1, -0.05) is 18.9 Å². The summed E-state index contributed by atoms with van der Waals surface area (Å²) in [5.41, 5.74) is 0.498. The second-order valence-corrected chi connectivity index (χ2v) is 12.5. The number of aryl methyl sites for hydroxylation is 2. The van der Waals surface area contributed by atoms with E-state index >= 15 is 0 Å². The standard InChI is InChI=1S/C31H42N4O7S/c1-5-41-30(39)31(16-22-8-9-22)17-23-10-11-24(40-4)25(15-23)42-18-27(37)32-12-14-35(13-6-7-26(36)33-19-31)29(38)28-20(2)34-21(3)43-28/h10-11,15,22H,5-9,12-14,16-19H2,1-4H3,(H,32,37)(H,33,36). The lowest BCUT2D eigenvalue weighted by Gasteiger charge is -2.32.